The van der Waals surface area contributed by atoms with Crippen molar-refractivity contribution < 1.29 is 14.3 Å². The predicted molar refractivity (Wildman–Crippen MR) is 90.6 cm³/mol. The van der Waals surface area contributed by atoms with Crippen molar-refractivity contribution in [1.29, 1.82) is 0 Å². The normalized spacial score (nSPS) is 13.5. The first-order valence-electron chi connectivity index (χ1n) is 7.47. The number of amides is 1. The number of carbonyl (C=O) groups excluding carboxylic acids is 2. The topological polar surface area (TPSA) is 55.4 Å². The molecule has 0 saturated carbocycles. The summed E-state index contributed by atoms with van der Waals surface area (Å²) in [6, 6.07) is 9.43. The molecule has 0 aromatic heterocycles. The molecule has 1 N–H and O–H groups in total. The average Bonchev–Trinajstić information content (AvgIpc) is 2.51. The highest BCUT2D eigenvalue weighted by molar-refractivity contribution is 7.99. The molecule has 122 valence electrons. The van der Waals surface area contributed by atoms with Crippen LogP contribution in [0.4, 0.5) is 0 Å². The Balaban J connectivity index is 2.51. The molecule has 1 amide bonds. The lowest BCUT2D eigenvalue weighted by molar-refractivity contribution is -0.145. The molecular weight excluding hydrogens is 298 g/mol. The summed E-state index contributed by atoms with van der Waals surface area (Å²) in [5.41, 5.74) is 1.18. The summed E-state index contributed by atoms with van der Waals surface area (Å²) >= 11 is 1.55. The number of hydrogen-bond acceptors (Lipinski definition) is 4. The van der Waals surface area contributed by atoms with Crippen molar-refractivity contribution in [1.82, 2.24) is 5.32 Å². The molecule has 0 aliphatic carbocycles. The molecule has 1 rings (SSSR count). The fraction of sp³-hybridized carbons (Fsp3) is 0.529. The first-order valence-corrected chi connectivity index (χ1v) is 8.52. The monoisotopic (exact) mass is 323 g/mol. The zero-order valence-electron chi connectivity index (χ0n) is 13.7. The summed E-state index contributed by atoms with van der Waals surface area (Å²) in [6.45, 7) is 5.87. The van der Waals surface area contributed by atoms with Gasteiger partial charge in [0.1, 0.15) is 6.04 Å². The predicted octanol–water partition coefficient (Wildman–Crippen LogP) is 3.01. The maximum Gasteiger partial charge on any atom is 0.328 e. The molecule has 0 heterocycles. The quantitative estimate of drug-likeness (QED) is 0.747. The molecule has 0 bridgehead atoms. The van der Waals surface area contributed by atoms with Crippen LogP contribution in [0.2, 0.25) is 0 Å². The molecule has 0 fully saturated rings. The Morgan fingerprint density at radius 2 is 1.82 bits per heavy atom. The number of benzene rings is 1. The molecule has 1 aromatic rings. The third kappa shape index (κ3) is 6.52. The van der Waals surface area contributed by atoms with Crippen molar-refractivity contribution in [3.05, 3.63) is 35.9 Å². The molecule has 0 aliphatic heterocycles. The zero-order valence-corrected chi connectivity index (χ0v) is 14.5. The van der Waals surface area contributed by atoms with Crippen LogP contribution >= 0.6 is 11.8 Å². The van der Waals surface area contributed by atoms with E-state index in [1.165, 1.54) is 12.7 Å². The van der Waals surface area contributed by atoms with Gasteiger partial charge in [-0.15, -0.1) is 11.8 Å². The van der Waals surface area contributed by atoms with Crippen LogP contribution in [0.25, 0.3) is 0 Å². The van der Waals surface area contributed by atoms with Crippen LogP contribution in [-0.4, -0.2) is 30.3 Å². The van der Waals surface area contributed by atoms with Gasteiger partial charge in [-0.25, -0.2) is 4.79 Å². The number of hydrogen-bond donors (Lipinski definition) is 1. The second-order valence-electron chi connectivity index (χ2n) is 5.65. The molecule has 0 aliphatic rings. The Kier molecular flexibility index (Phi) is 8.02. The van der Waals surface area contributed by atoms with Crippen LogP contribution in [0.5, 0.6) is 0 Å². The third-order valence-electron chi connectivity index (χ3n) is 3.22. The highest BCUT2D eigenvalue weighted by Gasteiger charge is 2.25. The van der Waals surface area contributed by atoms with Crippen LogP contribution in [0.1, 0.15) is 32.8 Å². The van der Waals surface area contributed by atoms with E-state index >= 15 is 0 Å². The summed E-state index contributed by atoms with van der Waals surface area (Å²) in [7, 11) is 1.34. The molecular formula is C17H25NO3S. The fourth-order valence-corrected chi connectivity index (χ4v) is 2.84. The maximum atomic E-state index is 12.2. The van der Waals surface area contributed by atoms with Gasteiger partial charge in [0.25, 0.3) is 0 Å². The number of esters is 1. The van der Waals surface area contributed by atoms with Crippen molar-refractivity contribution in [2.75, 3.05) is 7.11 Å². The molecule has 0 saturated heterocycles. The van der Waals surface area contributed by atoms with Crippen LogP contribution < -0.4 is 5.32 Å². The van der Waals surface area contributed by atoms with E-state index in [1.807, 2.05) is 51.1 Å². The lowest BCUT2D eigenvalue weighted by Gasteiger charge is -2.20. The van der Waals surface area contributed by atoms with Crippen molar-refractivity contribution in [2.45, 2.75) is 44.2 Å². The first kappa shape index (κ1) is 18.6. The van der Waals surface area contributed by atoms with Gasteiger partial charge in [-0.05, 0) is 24.8 Å². The highest BCUT2D eigenvalue weighted by Crippen LogP contribution is 2.18. The highest BCUT2D eigenvalue weighted by atomic mass is 32.2. The van der Waals surface area contributed by atoms with Crippen molar-refractivity contribution in [2.24, 2.45) is 5.92 Å². The molecule has 4 nitrogen and oxygen atoms in total. The van der Waals surface area contributed by atoms with Crippen molar-refractivity contribution in [3.63, 3.8) is 0 Å². The minimum Gasteiger partial charge on any atom is -0.467 e. The van der Waals surface area contributed by atoms with E-state index < -0.39 is 6.04 Å². The van der Waals surface area contributed by atoms with E-state index in [1.54, 1.807) is 11.8 Å². The smallest absolute Gasteiger partial charge is 0.328 e. The Bertz CT molecular complexity index is 476. The Morgan fingerprint density at radius 1 is 1.18 bits per heavy atom. The first-order chi connectivity index (χ1) is 10.4. The summed E-state index contributed by atoms with van der Waals surface area (Å²) in [4.78, 5) is 24.0. The minimum atomic E-state index is -0.572. The molecule has 5 heteroatoms. The van der Waals surface area contributed by atoms with Crippen LogP contribution in [-0.2, 0) is 20.1 Å². The van der Waals surface area contributed by atoms with Gasteiger partial charge in [-0.3, -0.25) is 4.79 Å². The largest absolute Gasteiger partial charge is 0.467 e. The molecule has 2 unspecified atom stereocenters. The Labute approximate surface area is 137 Å². The third-order valence-corrected chi connectivity index (χ3v) is 4.44. The van der Waals surface area contributed by atoms with E-state index in [0.717, 1.165) is 5.75 Å². The van der Waals surface area contributed by atoms with Gasteiger partial charge in [-0.2, -0.15) is 0 Å². The number of ether oxygens (including phenoxy) is 1. The Hall–Kier alpha value is -1.49. The van der Waals surface area contributed by atoms with Crippen molar-refractivity contribution in [3.8, 4) is 0 Å². The maximum absolute atomic E-state index is 12.2. The van der Waals surface area contributed by atoms with Crippen LogP contribution in [0.15, 0.2) is 30.3 Å². The van der Waals surface area contributed by atoms with Crippen LogP contribution in [0, 0.1) is 5.92 Å². The standard InChI is InChI=1S/C17H25NO3S/c1-12(2)10-15(17(20)21-4)18-16(19)13(3)22-11-14-8-6-5-7-9-14/h5-9,12-13,15H,10-11H2,1-4H3,(H,18,19). The van der Waals surface area contributed by atoms with E-state index in [9.17, 15) is 9.59 Å². The number of nitrogens with one attached hydrogen (secondary N) is 1. The molecule has 0 radical (unpaired) electrons. The van der Waals surface area contributed by atoms with E-state index in [-0.39, 0.29) is 17.1 Å². The van der Waals surface area contributed by atoms with Gasteiger partial charge in [-0.1, -0.05) is 44.2 Å². The zero-order chi connectivity index (χ0) is 16.5. The lowest BCUT2D eigenvalue weighted by Crippen LogP contribution is -2.45. The van der Waals surface area contributed by atoms with Gasteiger partial charge >= 0.3 is 5.97 Å². The number of methoxy groups -OCH3 is 1. The molecule has 1 aromatic carbocycles. The van der Waals surface area contributed by atoms with Gasteiger partial charge in [0.15, 0.2) is 0 Å². The summed E-state index contributed by atoms with van der Waals surface area (Å²) in [6.07, 6.45) is 0.578. The van der Waals surface area contributed by atoms with E-state index in [2.05, 4.69) is 5.32 Å². The fourth-order valence-electron chi connectivity index (χ4n) is 1.99. The SMILES string of the molecule is COC(=O)C(CC(C)C)NC(=O)C(C)SCc1ccccc1. The number of thioether (sulfide) groups is 1. The summed E-state index contributed by atoms with van der Waals surface area (Å²) in [5.74, 6) is 0.554. The van der Waals surface area contributed by atoms with Crippen LogP contribution in [0.3, 0.4) is 0 Å². The van der Waals surface area contributed by atoms with Gasteiger partial charge in [0.05, 0.1) is 12.4 Å². The molecule has 0 spiro atoms. The Morgan fingerprint density at radius 3 is 2.36 bits per heavy atom. The second-order valence-corrected chi connectivity index (χ2v) is 6.98. The summed E-state index contributed by atoms with van der Waals surface area (Å²) in [5, 5.41) is 2.58. The molecule has 2 atom stereocenters. The number of rotatable bonds is 8. The van der Waals surface area contributed by atoms with E-state index in [0.29, 0.717) is 12.3 Å². The van der Waals surface area contributed by atoms with E-state index in [4.69, 9.17) is 4.74 Å². The van der Waals surface area contributed by atoms with Gasteiger partial charge in [0, 0.05) is 5.75 Å². The van der Waals surface area contributed by atoms with Gasteiger partial charge < -0.3 is 10.1 Å². The number of carbonyl (C=O) groups is 2. The van der Waals surface area contributed by atoms with Gasteiger partial charge in [0.2, 0.25) is 5.91 Å². The average molecular weight is 323 g/mol. The lowest BCUT2D eigenvalue weighted by atomic mass is 10.0. The second kappa shape index (κ2) is 9.51. The van der Waals surface area contributed by atoms with Crippen molar-refractivity contribution >= 4 is 23.6 Å². The minimum absolute atomic E-state index is 0.128. The molecule has 22 heavy (non-hydrogen) atoms. The summed E-state index contributed by atoms with van der Waals surface area (Å²) < 4.78 is 4.76.